The van der Waals surface area contributed by atoms with Crippen LogP contribution >= 0.6 is 0 Å². The van der Waals surface area contributed by atoms with Crippen molar-refractivity contribution in [2.24, 2.45) is 0 Å². The van der Waals surface area contributed by atoms with Gasteiger partial charge in [-0.1, -0.05) is 18.2 Å². The Hall–Kier alpha value is -3.15. The van der Waals surface area contributed by atoms with Gasteiger partial charge >= 0.3 is 0 Å². The number of anilines is 3. The molecule has 0 aromatic heterocycles. The second kappa shape index (κ2) is 7.41. The summed E-state index contributed by atoms with van der Waals surface area (Å²) in [4.78, 5) is 33.9. The fraction of sp³-hybridized carbons (Fsp3) is 0.167. The van der Waals surface area contributed by atoms with E-state index in [1.54, 1.807) is 18.2 Å². The molecule has 0 unspecified atom stereocenters. The van der Waals surface area contributed by atoms with E-state index in [2.05, 4.69) is 16.0 Å². The molecule has 24 heavy (non-hydrogen) atoms. The number of carbonyl (C=O) groups is 3. The molecule has 3 N–H and O–H groups in total. The zero-order chi connectivity index (χ0) is 17.7. The lowest BCUT2D eigenvalue weighted by atomic mass is 10.0. The molecule has 0 bridgehead atoms. The SMILES string of the molecule is CC(=O)Nc1cccc(-c2ccc(NC(C)=O)cc2NC(C)=O)c1. The van der Waals surface area contributed by atoms with Crippen LogP contribution in [-0.2, 0) is 14.4 Å². The summed E-state index contributed by atoms with van der Waals surface area (Å²) in [6.07, 6.45) is 0. The van der Waals surface area contributed by atoms with Gasteiger partial charge in [0.05, 0.1) is 5.69 Å². The van der Waals surface area contributed by atoms with Crippen LogP contribution in [0.15, 0.2) is 42.5 Å². The average Bonchev–Trinajstić information content (AvgIpc) is 2.45. The Balaban J connectivity index is 2.46. The summed E-state index contributed by atoms with van der Waals surface area (Å²) in [5.41, 5.74) is 3.45. The Bertz CT molecular complexity index is 800. The Morgan fingerprint density at radius 1 is 0.708 bits per heavy atom. The van der Waals surface area contributed by atoms with E-state index in [1.165, 1.54) is 20.8 Å². The number of hydrogen-bond acceptors (Lipinski definition) is 3. The van der Waals surface area contributed by atoms with Crippen LogP contribution in [0.2, 0.25) is 0 Å². The van der Waals surface area contributed by atoms with Crippen LogP contribution in [0.3, 0.4) is 0 Å². The zero-order valence-corrected chi connectivity index (χ0v) is 13.8. The Morgan fingerprint density at radius 3 is 1.88 bits per heavy atom. The molecule has 0 fully saturated rings. The predicted molar refractivity (Wildman–Crippen MR) is 94.8 cm³/mol. The van der Waals surface area contributed by atoms with E-state index in [1.807, 2.05) is 24.3 Å². The van der Waals surface area contributed by atoms with Crippen molar-refractivity contribution in [1.82, 2.24) is 0 Å². The molecular weight excluding hydrogens is 306 g/mol. The largest absolute Gasteiger partial charge is 0.326 e. The molecule has 2 aromatic carbocycles. The Kier molecular flexibility index (Phi) is 5.31. The van der Waals surface area contributed by atoms with Crippen LogP contribution in [0.25, 0.3) is 11.1 Å². The average molecular weight is 325 g/mol. The van der Waals surface area contributed by atoms with Crippen molar-refractivity contribution in [3.63, 3.8) is 0 Å². The van der Waals surface area contributed by atoms with Gasteiger partial charge in [0.2, 0.25) is 17.7 Å². The van der Waals surface area contributed by atoms with Crippen molar-refractivity contribution in [3.05, 3.63) is 42.5 Å². The van der Waals surface area contributed by atoms with Gasteiger partial charge in [0.1, 0.15) is 0 Å². The van der Waals surface area contributed by atoms with E-state index in [-0.39, 0.29) is 17.7 Å². The van der Waals surface area contributed by atoms with Gasteiger partial charge in [-0.05, 0) is 29.8 Å². The second-order valence-electron chi connectivity index (χ2n) is 5.38. The highest BCUT2D eigenvalue weighted by atomic mass is 16.2. The molecule has 2 rings (SSSR count). The number of hydrogen-bond donors (Lipinski definition) is 3. The molecular formula is C18H19N3O3. The predicted octanol–water partition coefficient (Wildman–Crippen LogP) is 3.23. The van der Waals surface area contributed by atoms with E-state index in [0.29, 0.717) is 17.1 Å². The van der Waals surface area contributed by atoms with Crippen LogP contribution in [0.1, 0.15) is 20.8 Å². The summed E-state index contributed by atoms with van der Waals surface area (Å²) >= 11 is 0. The topological polar surface area (TPSA) is 87.3 Å². The normalized spacial score (nSPS) is 9.96. The number of amides is 3. The van der Waals surface area contributed by atoms with Gasteiger partial charge in [0, 0.05) is 37.7 Å². The third kappa shape index (κ3) is 4.67. The maximum atomic E-state index is 11.5. The fourth-order valence-electron chi connectivity index (χ4n) is 2.34. The molecule has 0 aliphatic heterocycles. The monoisotopic (exact) mass is 325 g/mol. The minimum absolute atomic E-state index is 0.157. The molecule has 124 valence electrons. The van der Waals surface area contributed by atoms with Crippen molar-refractivity contribution < 1.29 is 14.4 Å². The van der Waals surface area contributed by atoms with Crippen LogP contribution in [0.4, 0.5) is 17.1 Å². The number of carbonyl (C=O) groups excluding carboxylic acids is 3. The summed E-state index contributed by atoms with van der Waals surface area (Å²) in [7, 11) is 0. The molecule has 0 radical (unpaired) electrons. The number of nitrogens with one attached hydrogen (secondary N) is 3. The first-order chi connectivity index (χ1) is 11.3. The highest BCUT2D eigenvalue weighted by Crippen LogP contribution is 2.32. The van der Waals surface area contributed by atoms with Gasteiger partial charge in [0.15, 0.2) is 0 Å². The van der Waals surface area contributed by atoms with Crippen molar-refractivity contribution in [2.45, 2.75) is 20.8 Å². The van der Waals surface area contributed by atoms with Gasteiger partial charge in [-0.3, -0.25) is 14.4 Å². The first kappa shape index (κ1) is 17.2. The highest BCUT2D eigenvalue weighted by Gasteiger charge is 2.10. The van der Waals surface area contributed by atoms with Crippen LogP contribution in [0, 0.1) is 0 Å². The molecule has 2 aromatic rings. The van der Waals surface area contributed by atoms with E-state index >= 15 is 0 Å². The smallest absolute Gasteiger partial charge is 0.221 e. The lowest BCUT2D eigenvalue weighted by Crippen LogP contribution is -2.10. The first-order valence-corrected chi connectivity index (χ1v) is 7.42. The van der Waals surface area contributed by atoms with E-state index < -0.39 is 0 Å². The Morgan fingerprint density at radius 2 is 1.29 bits per heavy atom. The van der Waals surface area contributed by atoms with Gasteiger partial charge in [-0.25, -0.2) is 0 Å². The quantitative estimate of drug-likeness (QED) is 0.806. The van der Waals surface area contributed by atoms with E-state index in [4.69, 9.17) is 0 Å². The van der Waals surface area contributed by atoms with Gasteiger partial charge in [0.25, 0.3) is 0 Å². The lowest BCUT2D eigenvalue weighted by molar-refractivity contribution is -0.115. The molecule has 0 atom stereocenters. The second-order valence-corrected chi connectivity index (χ2v) is 5.38. The molecule has 6 heteroatoms. The molecule has 0 heterocycles. The van der Waals surface area contributed by atoms with Crippen molar-refractivity contribution in [2.75, 3.05) is 16.0 Å². The molecule has 6 nitrogen and oxygen atoms in total. The van der Waals surface area contributed by atoms with Crippen LogP contribution in [-0.4, -0.2) is 17.7 Å². The molecule has 0 aliphatic carbocycles. The molecule has 3 amide bonds. The number of benzene rings is 2. The van der Waals surface area contributed by atoms with E-state index in [9.17, 15) is 14.4 Å². The summed E-state index contributed by atoms with van der Waals surface area (Å²) < 4.78 is 0. The summed E-state index contributed by atoms with van der Waals surface area (Å²) in [6, 6.07) is 12.6. The fourth-order valence-corrected chi connectivity index (χ4v) is 2.34. The van der Waals surface area contributed by atoms with Crippen molar-refractivity contribution in [1.29, 1.82) is 0 Å². The third-order valence-corrected chi connectivity index (χ3v) is 3.14. The van der Waals surface area contributed by atoms with Crippen molar-refractivity contribution in [3.8, 4) is 11.1 Å². The molecule has 0 spiro atoms. The molecule has 0 saturated carbocycles. The van der Waals surface area contributed by atoms with Gasteiger partial charge in [-0.15, -0.1) is 0 Å². The summed E-state index contributed by atoms with van der Waals surface area (Å²) in [6.45, 7) is 4.28. The minimum atomic E-state index is -0.214. The maximum absolute atomic E-state index is 11.5. The third-order valence-electron chi connectivity index (χ3n) is 3.14. The maximum Gasteiger partial charge on any atom is 0.221 e. The number of rotatable bonds is 4. The zero-order valence-electron chi connectivity index (χ0n) is 13.8. The summed E-state index contributed by atoms with van der Waals surface area (Å²) in [5.74, 6) is -0.561. The van der Waals surface area contributed by atoms with Gasteiger partial charge < -0.3 is 16.0 Å². The lowest BCUT2D eigenvalue weighted by Gasteiger charge is -2.14. The van der Waals surface area contributed by atoms with E-state index in [0.717, 1.165) is 11.1 Å². The molecule has 0 aliphatic rings. The standard InChI is InChI=1S/C18H19N3O3/c1-11(22)19-15-6-4-5-14(9-15)17-8-7-16(20-12(2)23)10-18(17)21-13(3)24/h4-10H,1-3H3,(H,19,22)(H,20,23)(H,21,24). The van der Waals surface area contributed by atoms with Gasteiger partial charge in [-0.2, -0.15) is 0 Å². The van der Waals surface area contributed by atoms with Crippen LogP contribution in [0.5, 0.6) is 0 Å². The van der Waals surface area contributed by atoms with Crippen molar-refractivity contribution >= 4 is 34.8 Å². The minimum Gasteiger partial charge on any atom is -0.326 e. The Labute approximate surface area is 140 Å². The molecule has 0 saturated heterocycles. The first-order valence-electron chi connectivity index (χ1n) is 7.42. The highest BCUT2D eigenvalue weighted by molar-refractivity contribution is 5.97. The summed E-state index contributed by atoms with van der Waals surface area (Å²) in [5, 5.41) is 8.18. The van der Waals surface area contributed by atoms with Crippen LogP contribution < -0.4 is 16.0 Å².